The number of fused-ring (bicyclic) bond motifs is 1. The minimum atomic E-state index is -0.458. The van der Waals surface area contributed by atoms with E-state index < -0.39 is 5.91 Å². The van der Waals surface area contributed by atoms with Gasteiger partial charge in [0.05, 0.1) is 0 Å². The molecule has 2 aromatic rings. The first-order chi connectivity index (χ1) is 14.4. The third kappa shape index (κ3) is 4.06. The van der Waals surface area contributed by atoms with E-state index in [1.165, 1.54) is 0 Å². The van der Waals surface area contributed by atoms with Crippen molar-refractivity contribution in [2.24, 2.45) is 5.92 Å². The van der Waals surface area contributed by atoms with Crippen molar-refractivity contribution in [3.63, 3.8) is 0 Å². The number of amides is 3. The molecule has 0 unspecified atom stereocenters. The molecule has 0 spiro atoms. The summed E-state index contributed by atoms with van der Waals surface area (Å²) in [5.74, 6) is 0.456. The average molecular weight is 431 g/mol. The third-order valence-corrected chi connectivity index (χ3v) is 5.91. The molecule has 4 rings (SSSR count). The van der Waals surface area contributed by atoms with Crippen LogP contribution in [-0.2, 0) is 4.79 Å². The number of rotatable bonds is 4. The third-order valence-electron chi connectivity index (χ3n) is 5.00. The van der Waals surface area contributed by atoms with Gasteiger partial charge in [-0.25, -0.2) is 0 Å². The minimum absolute atomic E-state index is 0.0680. The van der Waals surface area contributed by atoms with Crippen molar-refractivity contribution in [2.45, 2.75) is 12.8 Å². The summed E-state index contributed by atoms with van der Waals surface area (Å²) in [6, 6.07) is 5.06. The van der Waals surface area contributed by atoms with Gasteiger partial charge in [0, 0.05) is 44.9 Å². The molecular formula is C19H21N5O5S. The van der Waals surface area contributed by atoms with Crippen LogP contribution in [0.5, 0.6) is 11.5 Å². The number of carbonyl (C=O) groups is 3. The van der Waals surface area contributed by atoms with E-state index in [1.54, 1.807) is 42.1 Å². The molecule has 1 saturated heterocycles. The Labute approximate surface area is 176 Å². The van der Waals surface area contributed by atoms with Crippen LogP contribution in [0.25, 0.3) is 0 Å². The van der Waals surface area contributed by atoms with Crippen molar-refractivity contribution >= 4 is 34.7 Å². The van der Waals surface area contributed by atoms with E-state index in [0.29, 0.717) is 43.1 Å². The summed E-state index contributed by atoms with van der Waals surface area (Å²) in [6.07, 6.45) is 1.22. The first-order valence-electron chi connectivity index (χ1n) is 9.47. The summed E-state index contributed by atoms with van der Waals surface area (Å²) in [4.78, 5) is 40.5. The Hall–Kier alpha value is -3.21. The highest BCUT2D eigenvalue weighted by Gasteiger charge is 2.30. The maximum absolute atomic E-state index is 12.7. The molecule has 1 N–H and O–H groups in total. The second-order valence-corrected chi connectivity index (χ2v) is 8.21. The fraction of sp³-hybridized carbons (Fsp3) is 0.421. The number of likely N-dealkylation sites (tertiary alicyclic amines) is 1. The Balaban J connectivity index is 1.36. The Kier molecular flexibility index (Phi) is 5.53. The smallest absolute Gasteiger partial charge is 0.286 e. The van der Waals surface area contributed by atoms with E-state index in [4.69, 9.17) is 9.47 Å². The number of piperidine rings is 1. The lowest BCUT2D eigenvalue weighted by Crippen LogP contribution is -2.42. The van der Waals surface area contributed by atoms with Crippen LogP contribution < -0.4 is 14.8 Å². The fourth-order valence-electron chi connectivity index (χ4n) is 3.39. The molecule has 1 aromatic carbocycles. The number of nitrogens with zero attached hydrogens (tertiary/aromatic N) is 4. The van der Waals surface area contributed by atoms with Gasteiger partial charge in [0.15, 0.2) is 11.5 Å². The Morgan fingerprint density at radius 1 is 1.10 bits per heavy atom. The van der Waals surface area contributed by atoms with Gasteiger partial charge in [0.2, 0.25) is 22.7 Å². The van der Waals surface area contributed by atoms with Crippen LogP contribution in [0.2, 0.25) is 0 Å². The van der Waals surface area contributed by atoms with Gasteiger partial charge >= 0.3 is 0 Å². The van der Waals surface area contributed by atoms with Crippen LogP contribution in [0, 0.1) is 5.92 Å². The number of benzene rings is 1. The number of ether oxygens (including phenoxy) is 2. The molecule has 0 bridgehead atoms. The zero-order chi connectivity index (χ0) is 21.3. The lowest BCUT2D eigenvalue weighted by molar-refractivity contribution is -0.134. The van der Waals surface area contributed by atoms with E-state index in [1.807, 2.05) is 0 Å². The number of carbonyl (C=O) groups excluding carboxylic acids is 3. The molecule has 0 aliphatic carbocycles. The monoisotopic (exact) mass is 431 g/mol. The van der Waals surface area contributed by atoms with E-state index in [2.05, 4.69) is 15.5 Å². The second-order valence-electron chi connectivity index (χ2n) is 7.23. The number of nitrogens with one attached hydrogen (secondary N) is 1. The highest BCUT2D eigenvalue weighted by molar-refractivity contribution is 7.15. The van der Waals surface area contributed by atoms with E-state index in [0.717, 1.165) is 11.3 Å². The van der Waals surface area contributed by atoms with Crippen molar-refractivity contribution in [3.8, 4) is 11.5 Å². The highest BCUT2D eigenvalue weighted by Crippen LogP contribution is 2.34. The van der Waals surface area contributed by atoms with E-state index >= 15 is 0 Å². The fourth-order valence-corrected chi connectivity index (χ4v) is 4.10. The molecule has 2 aliphatic rings. The van der Waals surface area contributed by atoms with Crippen LogP contribution >= 0.6 is 11.3 Å². The van der Waals surface area contributed by atoms with Gasteiger partial charge in [-0.2, -0.15) is 0 Å². The van der Waals surface area contributed by atoms with E-state index in [-0.39, 0.29) is 34.5 Å². The summed E-state index contributed by atoms with van der Waals surface area (Å²) < 4.78 is 10.5. The first-order valence-corrected chi connectivity index (χ1v) is 10.3. The molecule has 0 radical (unpaired) electrons. The Morgan fingerprint density at radius 2 is 1.80 bits per heavy atom. The van der Waals surface area contributed by atoms with Gasteiger partial charge < -0.3 is 24.6 Å². The summed E-state index contributed by atoms with van der Waals surface area (Å²) in [5.41, 5.74) is 0.528. The zero-order valence-corrected chi connectivity index (χ0v) is 17.4. The molecule has 10 nitrogen and oxygen atoms in total. The zero-order valence-electron chi connectivity index (χ0n) is 16.6. The van der Waals surface area contributed by atoms with Crippen LogP contribution in [0.4, 0.5) is 5.69 Å². The number of aromatic nitrogens is 2. The first kappa shape index (κ1) is 20.1. The standard InChI is InChI=1S/C19H21N5O5S/c1-23(2)18(26)11-5-7-24(8-6-11)19(27)17-22-21-16(30-17)15(25)20-12-3-4-13-14(9-12)29-10-28-13/h3-4,9,11H,5-8,10H2,1-2H3,(H,20,25). The van der Waals surface area contributed by atoms with Crippen LogP contribution in [0.3, 0.4) is 0 Å². The molecule has 0 atom stereocenters. The summed E-state index contributed by atoms with van der Waals surface area (Å²) in [7, 11) is 3.47. The van der Waals surface area contributed by atoms with Crippen LogP contribution in [0.1, 0.15) is 32.4 Å². The number of anilines is 1. The van der Waals surface area contributed by atoms with Crippen molar-refractivity contribution in [3.05, 3.63) is 28.2 Å². The minimum Gasteiger partial charge on any atom is -0.454 e. The van der Waals surface area contributed by atoms with Crippen LogP contribution in [-0.4, -0.2) is 71.7 Å². The van der Waals surface area contributed by atoms with Gasteiger partial charge in [0.25, 0.3) is 11.8 Å². The molecular weight excluding hydrogens is 410 g/mol. The largest absolute Gasteiger partial charge is 0.454 e. The topological polar surface area (TPSA) is 114 Å². The van der Waals surface area contributed by atoms with Gasteiger partial charge in [-0.1, -0.05) is 11.3 Å². The lowest BCUT2D eigenvalue weighted by atomic mass is 9.95. The van der Waals surface area contributed by atoms with Crippen molar-refractivity contribution in [1.82, 2.24) is 20.0 Å². The number of hydrogen-bond acceptors (Lipinski definition) is 8. The summed E-state index contributed by atoms with van der Waals surface area (Å²) in [5, 5.41) is 10.7. The predicted molar refractivity (Wildman–Crippen MR) is 108 cm³/mol. The number of hydrogen-bond donors (Lipinski definition) is 1. The van der Waals surface area contributed by atoms with Gasteiger partial charge in [-0.05, 0) is 25.0 Å². The summed E-state index contributed by atoms with van der Waals surface area (Å²) in [6.45, 7) is 1.10. The highest BCUT2D eigenvalue weighted by atomic mass is 32.1. The molecule has 30 heavy (non-hydrogen) atoms. The summed E-state index contributed by atoms with van der Waals surface area (Å²) >= 11 is 0.943. The molecule has 1 aromatic heterocycles. The molecule has 11 heteroatoms. The maximum atomic E-state index is 12.7. The van der Waals surface area contributed by atoms with E-state index in [9.17, 15) is 14.4 Å². The average Bonchev–Trinajstić information content (AvgIpc) is 3.42. The quantitative estimate of drug-likeness (QED) is 0.779. The second kappa shape index (κ2) is 8.27. The molecule has 158 valence electrons. The molecule has 3 amide bonds. The predicted octanol–water partition coefficient (Wildman–Crippen LogP) is 1.46. The molecule has 2 aliphatic heterocycles. The molecule has 0 saturated carbocycles. The van der Waals surface area contributed by atoms with Crippen molar-refractivity contribution in [2.75, 3.05) is 39.3 Å². The van der Waals surface area contributed by atoms with Gasteiger partial charge in [0.1, 0.15) is 0 Å². The molecule has 3 heterocycles. The van der Waals surface area contributed by atoms with Crippen molar-refractivity contribution < 1.29 is 23.9 Å². The Morgan fingerprint density at radius 3 is 2.53 bits per heavy atom. The van der Waals surface area contributed by atoms with Gasteiger partial charge in [-0.3, -0.25) is 14.4 Å². The SMILES string of the molecule is CN(C)C(=O)C1CCN(C(=O)c2nnc(C(=O)Nc3ccc4c(c3)OCO4)s2)CC1. The van der Waals surface area contributed by atoms with Crippen molar-refractivity contribution in [1.29, 1.82) is 0 Å². The van der Waals surface area contributed by atoms with Crippen LogP contribution in [0.15, 0.2) is 18.2 Å². The lowest BCUT2D eigenvalue weighted by Gasteiger charge is -2.31. The maximum Gasteiger partial charge on any atom is 0.286 e. The molecule has 1 fully saturated rings. The Bertz CT molecular complexity index is 983. The normalized spacial score (nSPS) is 15.7. The van der Waals surface area contributed by atoms with Gasteiger partial charge in [-0.15, -0.1) is 10.2 Å².